The smallest absolute Gasteiger partial charge is 0.316 e. The summed E-state index contributed by atoms with van der Waals surface area (Å²) in [5.41, 5.74) is 8.58. The van der Waals surface area contributed by atoms with Crippen molar-refractivity contribution in [3.8, 4) is 11.1 Å². The molecule has 0 aliphatic rings. The molecule has 0 spiro atoms. The number of aromatic nitrogens is 3. The molecular formula is C20H16N6O. The molecule has 4 N–H and O–H groups in total. The zero-order chi connectivity index (χ0) is 18.6. The van der Waals surface area contributed by atoms with Gasteiger partial charge in [-0.15, -0.1) is 0 Å². The summed E-state index contributed by atoms with van der Waals surface area (Å²) in [4.78, 5) is 24.1. The van der Waals surface area contributed by atoms with Gasteiger partial charge in [-0.05, 0) is 29.1 Å². The Morgan fingerprint density at radius 3 is 2.37 bits per heavy atom. The number of hydrogen-bond acceptors (Lipinski definition) is 5. The average Bonchev–Trinajstić information content (AvgIpc) is 2.69. The molecule has 0 saturated carbocycles. The number of anilines is 3. The largest absolute Gasteiger partial charge is 0.351 e. The van der Waals surface area contributed by atoms with Crippen LogP contribution in [0.5, 0.6) is 0 Å². The van der Waals surface area contributed by atoms with Crippen LogP contribution in [0.15, 0.2) is 73.3 Å². The number of primary amides is 1. The van der Waals surface area contributed by atoms with Crippen LogP contribution in [0.1, 0.15) is 0 Å². The van der Waals surface area contributed by atoms with Crippen LogP contribution < -0.4 is 16.4 Å². The lowest BCUT2D eigenvalue weighted by Gasteiger charge is -2.12. The summed E-state index contributed by atoms with van der Waals surface area (Å²) in [6.45, 7) is 0. The van der Waals surface area contributed by atoms with Crippen molar-refractivity contribution < 1.29 is 4.79 Å². The van der Waals surface area contributed by atoms with Gasteiger partial charge >= 0.3 is 6.03 Å². The fourth-order valence-corrected chi connectivity index (χ4v) is 2.89. The fourth-order valence-electron chi connectivity index (χ4n) is 2.89. The van der Waals surface area contributed by atoms with E-state index in [1.54, 1.807) is 24.8 Å². The first kappa shape index (κ1) is 16.5. The Morgan fingerprint density at radius 2 is 1.67 bits per heavy atom. The lowest BCUT2D eigenvalue weighted by molar-refractivity contribution is 0.259. The van der Waals surface area contributed by atoms with E-state index in [1.165, 1.54) is 0 Å². The summed E-state index contributed by atoms with van der Waals surface area (Å²) in [7, 11) is 0. The highest BCUT2D eigenvalue weighted by atomic mass is 16.2. The van der Waals surface area contributed by atoms with Gasteiger partial charge in [0.1, 0.15) is 0 Å². The van der Waals surface area contributed by atoms with Gasteiger partial charge in [0, 0.05) is 29.5 Å². The Kier molecular flexibility index (Phi) is 4.32. The monoisotopic (exact) mass is 356 g/mol. The molecule has 0 bridgehead atoms. The Balaban J connectivity index is 1.69. The van der Waals surface area contributed by atoms with E-state index >= 15 is 0 Å². The topological polar surface area (TPSA) is 106 Å². The highest BCUT2D eigenvalue weighted by molar-refractivity contribution is 6.06. The normalized spacial score (nSPS) is 10.5. The highest BCUT2D eigenvalue weighted by Crippen LogP contribution is 2.33. The zero-order valence-electron chi connectivity index (χ0n) is 14.3. The third kappa shape index (κ3) is 3.52. The number of nitrogens with two attached hydrogens (primary N) is 1. The van der Waals surface area contributed by atoms with Gasteiger partial charge in [-0.25, -0.2) is 14.8 Å². The van der Waals surface area contributed by atoms with Gasteiger partial charge in [0.15, 0.2) is 0 Å². The molecule has 0 aliphatic carbocycles. The molecule has 2 aromatic heterocycles. The molecule has 0 atom stereocenters. The third-order valence-electron chi connectivity index (χ3n) is 4.06. The molecule has 4 rings (SSSR count). The lowest BCUT2D eigenvalue weighted by Crippen LogP contribution is -2.19. The molecule has 0 saturated heterocycles. The summed E-state index contributed by atoms with van der Waals surface area (Å²) in [6.07, 6.45) is 6.93. The molecule has 7 heteroatoms. The van der Waals surface area contributed by atoms with Crippen molar-refractivity contribution in [2.75, 3.05) is 10.6 Å². The Morgan fingerprint density at radius 1 is 0.889 bits per heavy atom. The number of fused-ring (bicyclic) bond motifs is 1. The maximum absolute atomic E-state index is 11.2. The Hall–Kier alpha value is -4.00. The minimum Gasteiger partial charge on any atom is -0.351 e. The van der Waals surface area contributed by atoms with Crippen molar-refractivity contribution in [1.82, 2.24) is 15.0 Å². The van der Waals surface area contributed by atoms with Crippen LogP contribution in [0, 0.1) is 0 Å². The highest BCUT2D eigenvalue weighted by Gasteiger charge is 2.09. The number of amides is 2. The zero-order valence-corrected chi connectivity index (χ0v) is 14.3. The Bertz CT molecular complexity index is 1100. The van der Waals surface area contributed by atoms with E-state index in [0.717, 1.165) is 27.6 Å². The van der Waals surface area contributed by atoms with E-state index in [9.17, 15) is 4.79 Å². The van der Waals surface area contributed by atoms with E-state index in [2.05, 4.69) is 25.6 Å². The number of hydrogen-bond donors (Lipinski definition) is 3. The SMILES string of the molecule is NC(=O)Nc1ccc(-c2cnc(Nc3cccnc3)nc2)c2ccccc12. The quantitative estimate of drug-likeness (QED) is 0.514. The van der Waals surface area contributed by atoms with Crippen molar-refractivity contribution in [1.29, 1.82) is 0 Å². The molecule has 4 aromatic rings. The van der Waals surface area contributed by atoms with E-state index < -0.39 is 6.03 Å². The number of carbonyl (C=O) groups is 1. The predicted octanol–water partition coefficient (Wildman–Crippen LogP) is 3.93. The van der Waals surface area contributed by atoms with Gasteiger partial charge in [0.05, 0.1) is 17.6 Å². The fraction of sp³-hybridized carbons (Fsp3) is 0. The molecule has 0 fully saturated rings. The van der Waals surface area contributed by atoms with Crippen molar-refractivity contribution in [2.24, 2.45) is 5.73 Å². The summed E-state index contributed by atoms with van der Waals surface area (Å²) < 4.78 is 0. The molecule has 2 amide bonds. The van der Waals surface area contributed by atoms with Crippen LogP contribution in [0.4, 0.5) is 22.1 Å². The molecule has 0 radical (unpaired) electrons. The summed E-state index contributed by atoms with van der Waals surface area (Å²) in [5, 5.41) is 7.63. The molecule has 2 aromatic carbocycles. The maximum atomic E-state index is 11.2. The molecule has 7 nitrogen and oxygen atoms in total. The second-order valence-corrected chi connectivity index (χ2v) is 5.86. The minimum absolute atomic E-state index is 0.489. The van der Waals surface area contributed by atoms with Crippen LogP contribution in [0.25, 0.3) is 21.9 Å². The van der Waals surface area contributed by atoms with E-state index in [-0.39, 0.29) is 0 Å². The lowest BCUT2D eigenvalue weighted by atomic mass is 9.99. The number of carbonyl (C=O) groups excluding carboxylic acids is 1. The summed E-state index contributed by atoms with van der Waals surface area (Å²) >= 11 is 0. The average molecular weight is 356 g/mol. The third-order valence-corrected chi connectivity index (χ3v) is 4.06. The first-order valence-electron chi connectivity index (χ1n) is 8.28. The first-order valence-corrected chi connectivity index (χ1v) is 8.28. The van der Waals surface area contributed by atoms with Crippen molar-refractivity contribution in [3.05, 3.63) is 73.3 Å². The van der Waals surface area contributed by atoms with Gasteiger partial charge in [-0.3, -0.25) is 4.98 Å². The number of benzene rings is 2. The molecule has 2 heterocycles. The van der Waals surface area contributed by atoms with Crippen LogP contribution in [-0.4, -0.2) is 21.0 Å². The number of rotatable bonds is 4. The van der Waals surface area contributed by atoms with Crippen LogP contribution in [0.2, 0.25) is 0 Å². The standard InChI is InChI=1S/C20H16N6O/c21-19(27)26-18-8-7-15(16-5-1-2-6-17(16)18)13-10-23-20(24-11-13)25-14-4-3-9-22-12-14/h1-12H,(H3,21,26,27)(H,23,24,25). The number of nitrogens with zero attached hydrogens (tertiary/aromatic N) is 3. The van der Waals surface area contributed by atoms with Crippen LogP contribution >= 0.6 is 0 Å². The van der Waals surface area contributed by atoms with Crippen molar-refractivity contribution in [2.45, 2.75) is 0 Å². The minimum atomic E-state index is -0.595. The van der Waals surface area contributed by atoms with Gasteiger partial charge < -0.3 is 16.4 Å². The molecular weight excluding hydrogens is 340 g/mol. The summed E-state index contributed by atoms with van der Waals surface area (Å²) in [6, 6.07) is 14.6. The van der Waals surface area contributed by atoms with E-state index in [1.807, 2.05) is 48.5 Å². The maximum Gasteiger partial charge on any atom is 0.316 e. The predicted molar refractivity (Wildman–Crippen MR) is 106 cm³/mol. The van der Waals surface area contributed by atoms with E-state index in [4.69, 9.17) is 5.73 Å². The molecule has 132 valence electrons. The number of nitrogens with one attached hydrogen (secondary N) is 2. The molecule has 27 heavy (non-hydrogen) atoms. The van der Waals surface area contributed by atoms with Crippen molar-refractivity contribution >= 4 is 34.1 Å². The second kappa shape index (κ2) is 7.09. The van der Waals surface area contributed by atoms with Gasteiger partial charge in [-0.1, -0.05) is 30.3 Å². The summed E-state index contributed by atoms with van der Waals surface area (Å²) in [5.74, 6) is 0.489. The van der Waals surface area contributed by atoms with Crippen molar-refractivity contribution in [3.63, 3.8) is 0 Å². The molecule has 0 unspecified atom stereocenters. The Labute approximate surface area is 155 Å². The van der Waals surface area contributed by atoms with Gasteiger partial charge in [0.2, 0.25) is 5.95 Å². The van der Waals surface area contributed by atoms with Crippen LogP contribution in [-0.2, 0) is 0 Å². The van der Waals surface area contributed by atoms with Gasteiger partial charge in [-0.2, -0.15) is 0 Å². The number of urea groups is 1. The molecule has 0 aliphatic heterocycles. The van der Waals surface area contributed by atoms with Gasteiger partial charge in [0.25, 0.3) is 0 Å². The number of pyridine rings is 1. The first-order chi connectivity index (χ1) is 13.2. The van der Waals surface area contributed by atoms with Crippen LogP contribution in [0.3, 0.4) is 0 Å². The van der Waals surface area contributed by atoms with E-state index in [0.29, 0.717) is 11.6 Å². The second-order valence-electron chi connectivity index (χ2n) is 5.86.